The minimum absolute atomic E-state index is 0.104. The second kappa shape index (κ2) is 14.8. The number of thiol groups is 1. The van der Waals surface area contributed by atoms with Crippen molar-refractivity contribution in [2.45, 2.75) is 37.9 Å². The summed E-state index contributed by atoms with van der Waals surface area (Å²) in [7, 11) is 0. The van der Waals surface area contributed by atoms with Crippen molar-refractivity contribution in [3.05, 3.63) is 0 Å². The van der Waals surface area contributed by atoms with Gasteiger partial charge in [0, 0.05) is 12.3 Å². The number of carboxylic acid groups (broad SMARTS) is 1. The van der Waals surface area contributed by atoms with Crippen LogP contribution in [-0.2, 0) is 33.6 Å². The minimum Gasteiger partial charge on any atom is -0.480 e. The molecule has 6 amide bonds. The average Bonchev–Trinajstić information content (AvgIpc) is 3.32. The number of carboxylic acids is 1. The second-order valence-corrected chi connectivity index (χ2v) is 8.01. The fraction of sp³-hybridized carbons (Fsp3) is 0.632. The van der Waals surface area contributed by atoms with Gasteiger partial charge in [-0.25, -0.2) is 0 Å². The van der Waals surface area contributed by atoms with Crippen LogP contribution in [0.2, 0.25) is 0 Å². The predicted molar refractivity (Wildman–Crippen MR) is 124 cm³/mol. The summed E-state index contributed by atoms with van der Waals surface area (Å²) in [6.45, 7) is -0.185. The van der Waals surface area contributed by atoms with E-state index >= 15 is 0 Å². The Morgan fingerprint density at radius 2 is 1.57 bits per heavy atom. The maximum Gasteiger partial charge on any atom is 0.322 e. The number of hydrogen-bond acceptors (Lipinski definition) is 9. The number of carbonyl (C=O) groups excluding carboxylic acids is 6. The number of rotatable bonds is 13. The van der Waals surface area contributed by atoms with E-state index in [4.69, 9.17) is 10.8 Å². The van der Waals surface area contributed by atoms with Crippen LogP contribution in [0.25, 0.3) is 0 Å². The van der Waals surface area contributed by atoms with Gasteiger partial charge in [-0.05, 0) is 19.8 Å². The zero-order chi connectivity index (χ0) is 26.5. The Morgan fingerprint density at radius 3 is 2.20 bits per heavy atom. The van der Waals surface area contributed by atoms with Gasteiger partial charge in [-0.3, -0.25) is 33.6 Å². The second-order valence-electron chi connectivity index (χ2n) is 7.65. The molecule has 0 unspecified atom stereocenters. The van der Waals surface area contributed by atoms with E-state index in [0.29, 0.717) is 12.8 Å². The van der Waals surface area contributed by atoms with Crippen LogP contribution in [0.3, 0.4) is 0 Å². The number of likely N-dealkylation sites (tertiary alicyclic amines) is 1. The quantitative estimate of drug-likeness (QED) is 0.110. The molecule has 3 atom stereocenters. The van der Waals surface area contributed by atoms with E-state index in [-0.39, 0.29) is 25.4 Å². The van der Waals surface area contributed by atoms with Gasteiger partial charge in [0.25, 0.3) is 0 Å². The molecule has 1 heterocycles. The first-order valence-corrected chi connectivity index (χ1v) is 11.4. The van der Waals surface area contributed by atoms with E-state index in [2.05, 4.69) is 39.2 Å². The van der Waals surface area contributed by atoms with Crippen molar-refractivity contribution in [1.82, 2.24) is 31.5 Å². The van der Waals surface area contributed by atoms with Crippen molar-refractivity contribution in [2.75, 3.05) is 38.5 Å². The number of hydrogen-bond donors (Lipinski definition) is 8. The molecule has 196 valence electrons. The first-order valence-electron chi connectivity index (χ1n) is 10.7. The fourth-order valence-electron chi connectivity index (χ4n) is 3.02. The molecule has 35 heavy (non-hydrogen) atoms. The van der Waals surface area contributed by atoms with E-state index in [1.54, 1.807) is 0 Å². The predicted octanol–water partition coefficient (Wildman–Crippen LogP) is -4.71. The molecule has 1 aliphatic heterocycles. The first-order chi connectivity index (χ1) is 16.5. The third-order valence-electron chi connectivity index (χ3n) is 4.88. The molecule has 0 aromatic heterocycles. The number of carbonyl (C=O) groups is 7. The molecule has 1 rings (SSSR count). The van der Waals surface area contributed by atoms with Crippen LogP contribution in [0, 0.1) is 0 Å². The third-order valence-corrected chi connectivity index (χ3v) is 5.27. The Kier molecular flexibility index (Phi) is 12.5. The van der Waals surface area contributed by atoms with Gasteiger partial charge in [0.05, 0.1) is 25.7 Å². The van der Waals surface area contributed by atoms with E-state index < -0.39 is 72.6 Å². The highest BCUT2D eigenvalue weighted by Gasteiger charge is 2.34. The van der Waals surface area contributed by atoms with Gasteiger partial charge < -0.3 is 42.3 Å². The standard InChI is InChI=1S/C19H31N7O8S/c1-10(17(32)24-8-16(30)31)25-14(28)6-23-19(34)12-3-2-4-26(12)15(29)7-21-13(27)5-22-18(33)11(20)9-35/h10-12,35H,2-9,20H2,1H3,(H,21,27)(H,22,33)(H,23,34)(H,24,32)(H,25,28)(H,30,31)/t10-,11-,12-/m0/s1. The van der Waals surface area contributed by atoms with Crippen LogP contribution < -0.4 is 32.3 Å². The van der Waals surface area contributed by atoms with E-state index in [1.165, 1.54) is 11.8 Å². The molecule has 1 aliphatic rings. The summed E-state index contributed by atoms with van der Waals surface area (Å²) in [5, 5.41) is 20.0. The summed E-state index contributed by atoms with van der Waals surface area (Å²) in [4.78, 5) is 83.8. The summed E-state index contributed by atoms with van der Waals surface area (Å²) in [6.07, 6.45) is 0.904. The maximum absolute atomic E-state index is 12.5. The molecule has 0 spiro atoms. The Labute approximate surface area is 206 Å². The molecule has 0 saturated carbocycles. The average molecular weight is 518 g/mol. The van der Waals surface area contributed by atoms with Crippen LogP contribution in [0.5, 0.6) is 0 Å². The van der Waals surface area contributed by atoms with E-state index in [9.17, 15) is 33.6 Å². The lowest BCUT2D eigenvalue weighted by molar-refractivity contribution is -0.139. The molecule has 0 bridgehead atoms. The zero-order valence-electron chi connectivity index (χ0n) is 19.2. The lowest BCUT2D eigenvalue weighted by Crippen LogP contribution is -2.52. The number of nitrogens with one attached hydrogen (secondary N) is 5. The van der Waals surface area contributed by atoms with E-state index in [0.717, 1.165) is 0 Å². The van der Waals surface area contributed by atoms with Crippen molar-refractivity contribution >= 4 is 54.0 Å². The van der Waals surface area contributed by atoms with Crippen LogP contribution >= 0.6 is 12.6 Å². The Hall–Kier alpha value is -3.40. The molecular formula is C19H31N7O8S. The first kappa shape index (κ1) is 29.6. The van der Waals surface area contributed by atoms with Crippen molar-refractivity contribution in [3.63, 3.8) is 0 Å². The van der Waals surface area contributed by atoms with Crippen molar-refractivity contribution in [3.8, 4) is 0 Å². The highest BCUT2D eigenvalue weighted by atomic mass is 32.1. The Balaban J connectivity index is 2.43. The van der Waals surface area contributed by atoms with Gasteiger partial charge in [0.15, 0.2) is 0 Å². The molecule has 0 aromatic carbocycles. The maximum atomic E-state index is 12.5. The molecule has 8 N–H and O–H groups in total. The van der Waals surface area contributed by atoms with Gasteiger partial charge in [0.1, 0.15) is 18.6 Å². The summed E-state index contributed by atoms with van der Waals surface area (Å²) in [5.41, 5.74) is 5.47. The largest absolute Gasteiger partial charge is 0.480 e. The van der Waals surface area contributed by atoms with Gasteiger partial charge in [0.2, 0.25) is 35.4 Å². The zero-order valence-corrected chi connectivity index (χ0v) is 20.1. The monoisotopic (exact) mass is 517 g/mol. The smallest absolute Gasteiger partial charge is 0.322 e. The Bertz CT molecular complexity index is 840. The van der Waals surface area contributed by atoms with Gasteiger partial charge in [-0.15, -0.1) is 0 Å². The van der Waals surface area contributed by atoms with Gasteiger partial charge in [-0.2, -0.15) is 12.6 Å². The summed E-state index contributed by atoms with van der Waals surface area (Å²) >= 11 is 3.88. The van der Waals surface area contributed by atoms with Crippen LogP contribution in [0.4, 0.5) is 0 Å². The summed E-state index contributed by atoms with van der Waals surface area (Å²) in [6, 6.07) is -2.72. The molecule has 0 radical (unpaired) electrons. The number of nitrogens with two attached hydrogens (primary N) is 1. The highest BCUT2D eigenvalue weighted by molar-refractivity contribution is 7.80. The van der Waals surface area contributed by atoms with Crippen LogP contribution in [0.15, 0.2) is 0 Å². The molecule has 16 heteroatoms. The van der Waals surface area contributed by atoms with Crippen LogP contribution in [-0.4, -0.2) is 108 Å². The van der Waals surface area contributed by atoms with Gasteiger partial charge >= 0.3 is 5.97 Å². The lowest BCUT2D eigenvalue weighted by Gasteiger charge is -2.24. The topological polar surface area (TPSA) is 229 Å². The Morgan fingerprint density at radius 1 is 0.943 bits per heavy atom. The number of amides is 6. The normalized spacial score (nSPS) is 16.4. The molecule has 0 aliphatic carbocycles. The summed E-state index contributed by atoms with van der Waals surface area (Å²) < 4.78 is 0. The SMILES string of the molecule is C[C@H](NC(=O)CNC(=O)[C@@H]1CCCN1C(=O)CNC(=O)CNC(=O)[C@@H](N)CS)C(=O)NCC(=O)O. The van der Waals surface area contributed by atoms with Crippen LogP contribution in [0.1, 0.15) is 19.8 Å². The molecular weight excluding hydrogens is 486 g/mol. The summed E-state index contributed by atoms with van der Waals surface area (Å²) in [5.74, 6) is -4.78. The molecule has 1 fully saturated rings. The number of nitrogens with zero attached hydrogens (tertiary/aromatic N) is 1. The fourth-order valence-corrected chi connectivity index (χ4v) is 3.18. The van der Waals surface area contributed by atoms with Crippen molar-refractivity contribution in [2.24, 2.45) is 5.73 Å². The van der Waals surface area contributed by atoms with Crippen molar-refractivity contribution < 1.29 is 38.7 Å². The van der Waals surface area contributed by atoms with Gasteiger partial charge in [-0.1, -0.05) is 0 Å². The highest BCUT2D eigenvalue weighted by Crippen LogP contribution is 2.17. The molecule has 0 aromatic rings. The molecule has 1 saturated heterocycles. The number of aliphatic carboxylic acids is 1. The minimum atomic E-state index is -1.24. The van der Waals surface area contributed by atoms with E-state index in [1.807, 2.05) is 0 Å². The molecule has 15 nitrogen and oxygen atoms in total. The third kappa shape index (κ3) is 10.6. The van der Waals surface area contributed by atoms with Crippen molar-refractivity contribution in [1.29, 1.82) is 0 Å². The lowest BCUT2D eigenvalue weighted by atomic mass is 10.2.